The van der Waals surface area contributed by atoms with Crippen LogP contribution in [0, 0.1) is 0 Å². The summed E-state index contributed by atoms with van der Waals surface area (Å²) in [5.74, 6) is 0. The average molecular weight is 472 g/mol. The molecular weight excluding hydrogens is 453 g/mol. The molecule has 0 bridgehead atoms. The van der Waals surface area contributed by atoms with Crippen LogP contribution in [0.5, 0.6) is 0 Å². The topological polar surface area (TPSA) is 34.1 Å². The van der Waals surface area contributed by atoms with Gasteiger partial charge in [0.1, 0.15) is 0 Å². The minimum Gasteiger partial charge on any atom is -0.168 e. The monoisotopic (exact) mass is 470 g/mol. The second kappa shape index (κ2) is 16.4. The first kappa shape index (κ1) is 26.1. The molecule has 2 nitrogen and oxygen atoms in total. The van der Waals surface area contributed by atoms with Gasteiger partial charge in [0.25, 0.3) is 0 Å². The third-order valence-electron chi connectivity index (χ3n) is 3.10. The molecule has 0 spiro atoms. The Morgan fingerprint density at radius 3 is 1.32 bits per heavy atom. The maximum absolute atomic E-state index is 8.40. The second-order valence-electron chi connectivity index (χ2n) is 4.39. The standard InChI is InChI=1S/2C9H7.CH2.2ClH.HO2P.Zr/c2*1-2-5-9-7-3-6-8(9)4-1;;;;1-3-2;/h2*1-7H;1H2;2*1H;3H;/q2*-1;;;;;+2. The van der Waals surface area contributed by atoms with Gasteiger partial charge in [-0.3, -0.25) is 0 Å². The Labute approximate surface area is 176 Å². The van der Waals surface area contributed by atoms with Gasteiger partial charge in [0.2, 0.25) is 0 Å². The number of benzene rings is 2. The first-order valence-corrected chi connectivity index (χ1v) is 9.46. The summed E-state index contributed by atoms with van der Waals surface area (Å²) in [6.07, 6.45) is 0. The molecule has 0 saturated carbocycles. The van der Waals surface area contributed by atoms with Gasteiger partial charge in [0.15, 0.2) is 0 Å². The van der Waals surface area contributed by atoms with Gasteiger partial charge in [-0.05, 0) is 0 Å². The van der Waals surface area contributed by atoms with Crippen molar-refractivity contribution in [2.45, 2.75) is 0 Å². The molecule has 0 aliphatic carbocycles. The number of halogens is 2. The van der Waals surface area contributed by atoms with Crippen LogP contribution < -0.4 is 0 Å². The van der Waals surface area contributed by atoms with E-state index in [0.29, 0.717) is 0 Å². The van der Waals surface area contributed by atoms with Crippen LogP contribution in [0.2, 0.25) is 0 Å². The van der Waals surface area contributed by atoms with E-state index in [-0.39, 0.29) is 24.8 Å². The molecule has 4 aromatic rings. The normalized spacial score (nSPS) is 8.08. The fourth-order valence-electron chi connectivity index (χ4n) is 2.14. The van der Waals surface area contributed by atoms with E-state index in [4.69, 9.17) is 9.13 Å². The van der Waals surface area contributed by atoms with Crippen LogP contribution in [0.4, 0.5) is 0 Å². The summed E-state index contributed by atoms with van der Waals surface area (Å²) in [5.41, 5.74) is 0. The summed E-state index contributed by atoms with van der Waals surface area (Å²) in [6.45, 7) is 0. The minimum atomic E-state index is -1.42. The Kier molecular flexibility index (Phi) is 17.1. The molecule has 0 atom stereocenters. The summed E-state index contributed by atoms with van der Waals surface area (Å²) in [6, 6.07) is 29.3. The summed E-state index contributed by atoms with van der Waals surface area (Å²) in [4.78, 5) is 0. The summed E-state index contributed by atoms with van der Waals surface area (Å²) in [5, 5.41) is 5.32. The van der Waals surface area contributed by atoms with Crippen molar-refractivity contribution in [3.05, 3.63) is 84.9 Å². The first-order chi connectivity index (χ1) is 11.3. The van der Waals surface area contributed by atoms with Crippen molar-refractivity contribution in [2.24, 2.45) is 0 Å². The minimum absolute atomic E-state index is 0. The van der Waals surface area contributed by atoms with E-state index in [9.17, 15) is 0 Å². The van der Waals surface area contributed by atoms with Gasteiger partial charge in [-0.25, -0.2) is 9.13 Å². The number of hydrogen-bond donors (Lipinski definition) is 0. The Bertz CT molecular complexity index is 741. The zero-order chi connectivity index (χ0) is 16.9. The van der Waals surface area contributed by atoms with Crippen molar-refractivity contribution in [1.29, 1.82) is 0 Å². The SMILES string of the molecule is Cl.Cl.O=[PH]=O.[CH2]=[Zr+2].c1ccc2[cH-]ccc2c1.c1ccc2[cH-]ccc2c1. The summed E-state index contributed by atoms with van der Waals surface area (Å²) < 4.78 is 20.1. The molecular formula is C19H19Cl2O2PZr. The Morgan fingerprint density at radius 1 is 0.680 bits per heavy atom. The van der Waals surface area contributed by atoms with Crippen LogP contribution in [-0.2, 0) is 33.4 Å². The number of fused-ring (bicyclic) bond motifs is 2. The maximum atomic E-state index is 8.40. The van der Waals surface area contributed by atoms with Crippen LogP contribution in [0.1, 0.15) is 0 Å². The maximum Gasteiger partial charge on any atom is -0.0809 e. The second-order valence-corrected chi connectivity index (χ2v) is 4.56. The fourth-order valence-corrected chi connectivity index (χ4v) is 2.14. The predicted octanol–water partition coefficient (Wildman–Crippen LogP) is 6.28. The zero-order valence-electron chi connectivity index (χ0n) is 13.4. The molecule has 25 heavy (non-hydrogen) atoms. The van der Waals surface area contributed by atoms with E-state index in [0.717, 1.165) is 0 Å². The van der Waals surface area contributed by atoms with Crippen LogP contribution in [0.15, 0.2) is 84.9 Å². The fraction of sp³-hybridized carbons (Fsp3) is 0. The first-order valence-electron chi connectivity index (χ1n) is 6.90. The summed E-state index contributed by atoms with van der Waals surface area (Å²) in [7, 11) is -1.42. The van der Waals surface area contributed by atoms with Gasteiger partial charge in [-0.1, -0.05) is 12.1 Å². The van der Waals surface area contributed by atoms with Crippen LogP contribution in [-0.4, -0.2) is 4.21 Å². The molecule has 0 saturated heterocycles. The van der Waals surface area contributed by atoms with E-state index in [2.05, 4.69) is 89.1 Å². The molecule has 0 aliphatic heterocycles. The van der Waals surface area contributed by atoms with Crippen LogP contribution in [0.3, 0.4) is 0 Å². The van der Waals surface area contributed by atoms with Crippen molar-refractivity contribution in [1.82, 2.24) is 0 Å². The molecule has 4 rings (SSSR count). The van der Waals surface area contributed by atoms with E-state index in [1.54, 1.807) is 0 Å². The molecule has 0 radical (unpaired) electrons. The van der Waals surface area contributed by atoms with Gasteiger partial charge in [-0.15, -0.1) is 84.1 Å². The van der Waals surface area contributed by atoms with Crippen molar-refractivity contribution in [2.75, 3.05) is 0 Å². The smallest absolute Gasteiger partial charge is 0.0809 e. The molecule has 0 amide bonds. The molecule has 130 valence electrons. The zero-order valence-corrected chi connectivity index (χ0v) is 18.5. The molecule has 0 aromatic heterocycles. The van der Waals surface area contributed by atoms with Crippen molar-refractivity contribution in [3.63, 3.8) is 0 Å². The average Bonchev–Trinajstić information content (AvgIpc) is 3.27. The van der Waals surface area contributed by atoms with Gasteiger partial charge < -0.3 is 0 Å². The summed E-state index contributed by atoms with van der Waals surface area (Å²) >= 11 is 1.30. The quantitative estimate of drug-likeness (QED) is 0.223. The predicted molar refractivity (Wildman–Crippen MR) is 110 cm³/mol. The van der Waals surface area contributed by atoms with Crippen molar-refractivity contribution < 1.29 is 33.4 Å². The van der Waals surface area contributed by atoms with E-state index in [1.807, 2.05) is 0 Å². The Hall–Kier alpha value is -1.11. The third-order valence-corrected chi connectivity index (χ3v) is 3.10. The van der Waals surface area contributed by atoms with E-state index in [1.165, 1.54) is 45.8 Å². The van der Waals surface area contributed by atoms with Gasteiger partial charge in [0, 0.05) is 0 Å². The van der Waals surface area contributed by atoms with Crippen LogP contribution in [0.25, 0.3) is 21.5 Å². The van der Waals surface area contributed by atoms with E-state index >= 15 is 0 Å². The largest absolute Gasteiger partial charge is 0.168 e. The molecule has 0 heterocycles. The molecule has 4 aromatic carbocycles. The van der Waals surface area contributed by atoms with Gasteiger partial charge in [0.05, 0.1) is 0 Å². The molecule has 0 N–H and O–H groups in total. The molecule has 0 fully saturated rings. The Balaban J connectivity index is 0. The van der Waals surface area contributed by atoms with Crippen LogP contribution >= 0.6 is 33.2 Å². The molecule has 0 aliphatic rings. The van der Waals surface area contributed by atoms with Gasteiger partial charge in [-0.2, -0.15) is 35.0 Å². The number of rotatable bonds is 0. The molecule has 6 heteroatoms. The Morgan fingerprint density at radius 2 is 1.00 bits per heavy atom. The van der Waals surface area contributed by atoms with E-state index < -0.39 is 8.34 Å². The van der Waals surface area contributed by atoms with Gasteiger partial charge >= 0.3 is 36.8 Å². The van der Waals surface area contributed by atoms with Crippen molar-refractivity contribution >= 4 is 58.9 Å². The molecule has 0 unspecified atom stereocenters. The third kappa shape index (κ3) is 9.24. The number of hydrogen-bond acceptors (Lipinski definition) is 2. The van der Waals surface area contributed by atoms with Crippen molar-refractivity contribution in [3.8, 4) is 0 Å².